The van der Waals surface area contributed by atoms with Crippen molar-refractivity contribution in [3.63, 3.8) is 0 Å². The van der Waals surface area contributed by atoms with Crippen molar-refractivity contribution in [2.45, 2.75) is 71.0 Å². The summed E-state index contributed by atoms with van der Waals surface area (Å²) in [7, 11) is 2.30. The van der Waals surface area contributed by atoms with Crippen molar-refractivity contribution in [1.82, 2.24) is 4.90 Å². The molecule has 0 bridgehead atoms. The quantitative estimate of drug-likeness (QED) is 0.875. The van der Waals surface area contributed by atoms with Crippen LogP contribution in [0.25, 0.3) is 0 Å². The number of nitrogens with two attached hydrogens (primary N) is 1. The second kappa shape index (κ2) is 7.06. The summed E-state index contributed by atoms with van der Waals surface area (Å²) in [6.07, 6.45) is 6.50. The molecule has 1 aliphatic rings. The van der Waals surface area contributed by atoms with Gasteiger partial charge in [0.15, 0.2) is 0 Å². The molecular formula is C17H30N2S. The molecule has 1 saturated carbocycles. The highest BCUT2D eigenvalue weighted by Crippen LogP contribution is 2.37. The molecule has 1 heterocycles. The molecule has 0 amide bonds. The van der Waals surface area contributed by atoms with Crippen LogP contribution in [-0.2, 0) is 0 Å². The molecular weight excluding hydrogens is 264 g/mol. The van der Waals surface area contributed by atoms with Gasteiger partial charge in [-0.25, -0.2) is 0 Å². The molecule has 1 fully saturated rings. The summed E-state index contributed by atoms with van der Waals surface area (Å²) in [6.45, 7) is 6.84. The van der Waals surface area contributed by atoms with E-state index in [9.17, 15) is 0 Å². The monoisotopic (exact) mass is 294 g/mol. The van der Waals surface area contributed by atoms with Crippen molar-refractivity contribution in [2.24, 2.45) is 11.7 Å². The van der Waals surface area contributed by atoms with Crippen LogP contribution in [0.2, 0.25) is 0 Å². The van der Waals surface area contributed by atoms with Crippen LogP contribution < -0.4 is 5.73 Å². The Labute approximate surface area is 128 Å². The molecule has 0 aliphatic heterocycles. The molecule has 4 unspecified atom stereocenters. The molecule has 114 valence electrons. The van der Waals surface area contributed by atoms with E-state index in [4.69, 9.17) is 5.73 Å². The lowest BCUT2D eigenvalue weighted by molar-refractivity contribution is 0.0837. The van der Waals surface area contributed by atoms with Gasteiger partial charge < -0.3 is 5.73 Å². The van der Waals surface area contributed by atoms with E-state index in [0.29, 0.717) is 12.1 Å². The molecule has 2 nitrogen and oxygen atoms in total. The van der Waals surface area contributed by atoms with Crippen molar-refractivity contribution in [2.75, 3.05) is 7.05 Å². The molecule has 0 aromatic carbocycles. The fourth-order valence-electron chi connectivity index (χ4n) is 3.70. The molecule has 20 heavy (non-hydrogen) atoms. The van der Waals surface area contributed by atoms with Crippen LogP contribution in [0.5, 0.6) is 0 Å². The van der Waals surface area contributed by atoms with Crippen LogP contribution in [0, 0.1) is 12.8 Å². The lowest BCUT2D eigenvalue weighted by atomic mass is 9.83. The Morgan fingerprint density at radius 3 is 2.65 bits per heavy atom. The number of hydrogen-bond donors (Lipinski definition) is 1. The van der Waals surface area contributed by atoms with Gasteiger partial charge in [0.05, 0.1) is 6.04 Å². The normalized spacial score (nSPS) is 26.7. The predicted molar refractivity (Wildman–Crippen MR) is 89.2 cm³/mol. The Morgan fingerprint density at radius 2 is 2.10 bits per heavy atom. The van der Waals surface area contributed by atoms with E-state index in [1.54, 1.807) is 0 Å². The fourth-order valence-corrected chi connectivity index (χ4v) is 4.85. The highest BCUT2D eigenvalue weighted by Gasteiger charge is 2.33. The zero-order chi connectivity index (χ0) is 14.7. The van der Waals surface area contributed by atoms with Crippen LogP contribution in [0.3, 0.4) is 0 Å². The Balaban J connectivity index is 2.24. The summed E-state index contributed by atoms with van der Waals surface area (Å²) >= 11 is 1.87. The maximum atomic E-state index is 6.50. The molecule has 1 aliphatic carbocycles. The molecule has 0 radical (unpaired) electrons. The average molecular weight is 295 g/mol. The summed E-state index contributed by atoms with van der Waals surface area (Å²) < 4.78 is 0. The molecule has 1 aromatic rings. The number of likely N-dealkylation sites (N-methyl/N-ethyl adjacent to an activating group) is 1. The molecule has 0 saturated heterocycles. The van der Waals surface area contributed by atoms with E-state index >= 15 is 0 Å². The molecule has 2 rings (SSSR count). The second-order valence-corrected chi connectivity index (χ2v) is 7.43. The SMILES string of the molecule is CCC(N)C(c1sccc1C)N(C)C1CCCCC1C. The minimum absolute atomic E-state index is 0.228. The third-order valence-electron chi connectivity index (χ3n) is 5.08. The zero-order valence-electron chi connectivity index (χ0n) is 13.4. The van der Waals surface area contributed by atoms with Gasteiger partial charge in [0.1, 0.15) is 0 Å². The summed E-state index contributed by atoms with van der Waals surface area (Å²) in [5.74, 6) is 0.792. The van der Waals surface area contributed by atoms with E-state index in [1.807, 2.05) is 11.3 Å². The van der Waals surface area contributed by atoms with Crippen molar-refractivity contribution in [3.05, 3.63) is 21.9 Å². The summed E-state index contributed by atoms with van der Waals surface area (Å²) in [6, 6.07) is 3.53. The van der Waals surface area contributed by atoms with Gasteiger partial charge in [-0.2, -0.15) is 0 Å². The van der Waals surface area contributed by atoms with Crippen molar-refractivity contribution in [1.29, 1.82) is 0 Å². The first kappa shape index (κ1) is 16.0. The molecule has 3 heteroatoms. The Hall–Kier alpha value is -0.380. The minimum atomic E-state index is 0.228. The van der Waals surface area contributed by atoms with Crippen molar-refractivity contribution >= 4 is 11.3 Å². The first-order valence-electron chi connectivity index (χ1n) is 8.07. The number of rotatable bonds is 5. The van der Waals surface area contributed by atoms with E-state index in [1.165, 1.54) is 36.1 Å². The zero-order valence-corrected chi connectivity index (χ0v) is 14.2. The first-order valence-corrected chi connectivity index (χ1v) is 8.95. The standard InChI is InChI=1S/C17H30N2S/c1-5-14(18)16(17-13(3)10-11-20-17)19(4)15-9-7-6-8-12(15)2/h10-12,14-16H,5-9,18H2,1-4H3. The van der Waals surface area contributed by atoms with Gasteiger partial charge in [-0.1, -0.05) is 26.7 Å². The highest BCUT2D eigenvalue weighted by atomic mass is 32.1. The molecule has 2 N–H and O–H groups in total. The molecule has 4 atom stereocenters. The van der Waals surface area contributed by atoms with Gasteiger partial charge in [0.25, 0.3) is 0 Å². The highest BCUT2D eigenvalue weighted by molar-refractivity contribution is 7.10. The smallest absolute Gasteiger partial charge is 0.0596 e. The van der Waals surface area contributed by atoms with Gasteiger partial charge in [-0.3, -0.25) is 4.90 Å². The molecule has 0 spiro atoms. The van der Waals surface area contributed by atoms with Gasteiger partial charge >= 0.3 is 0 Å². The minimum Gasteiger partial charge on any atom is -0.326 e. The van der Waals surface area contributed by atoms with Gasteiger partial charge in [0.2, 0.25) is 0 Å². The summed E-state index contributed by atoms with van der Waals surface area (Å²) in [5.41, 5.74) is 7.90. The van der Waals surface area contributed by atoms with E-state index < -0.39 is 0 Å². The Kier molecular flexibility index (Phi) is 5.65. The summed E-state index contributed by atoms with van der Waals surface area (Å²) in [4.78, 5) is 4.07. The second-order valence-electron chi connectivity index (χ2n) is 6.48. The Morgan fingerprint density at radius 1 is 1.40 bits per heavy atom. The maximum Gasteiger partial charge on any atom is 0.0596 e. The van der Waals surface area contributed by atoms with Crippen LogP contribution in [-0.4, -0.2) is 24.0 Å². The third-order valence-corrected chi connectivity index (χ3v) is 6.16. The van der Waals surface area contributed by atoms with Crippen molar-refractivity contribution in [3.8, 4) is 0 Å². The lowest BCUT2D eigenvalue weighted by Crippen LogP contribution is -2.47. The lowest BCUT2D eigenvalue weighted by Gasteiger charge is -2.42. The molecule has 1 aromatic heterocycles. The van der Waals surface area contributed by atoms with Crippen LogP contribution in [0.1, 0.15) is 62.4 Å². The van der Waals surface area contributed by atoms with Crippen LogP contribution in [0.15, 0.2) is 11.4 Å². The number of hydrogen-bond acceptors (Lipinski definition) is 3. The summed E-state index contributed by atoms with van der Waals surface area (Å²) in [5, 5.41) is 2.21. The van der Waals surface area contributed by atoms with E-state index in [-0.39, 0.29) is 6.04 Å². The Bertz CT molecular complexity index is 415. The predicted octanol–water partition coefficient (Wildman–Crippen LogP) is 4.35. The first-order chi connectivity index (χ1) is 9.56. The third kappa shape index (κ3) is 3.26. The average Bonchev–Trinajstić information content (AvgIpc) is 2.85. The fraction of sp³-hybridized carbons (Fsp3) is 0.765. The van der Waals surface area contributed by atoms with Crippen LogP contribution in [0.4, 0.5) is 0 Å². The van der Waals surface area contributed by atoms with E-state index in [2.05, 4.69) is 44.2 Å². The maximum absolute atomic E-state index is 6.50. The van der Waals surface area contributed by atoms with E-state index in [0.717, 1.165) is 12.3 Å². The van der Waals surface area contributed by atoms with Gasteiger partial charge in [-0.15, -0.1) is 11.3 Å². The van der Waals surface area contributed by atoms with Crippen molar-refractivity contribution < 1.29 is 0 Å². The topological polar surface area (TPSA) is 29.3 Å². The number of aryl methyl sites for hydroxylation is 1. The van der Waals surface area contributed by atoms with Crippen LogP contribution >= 0.6 is 11.3 Å². The van der Waals surface area contributed by atoms with Gasteiger partial charge in [-0.05, 0) is 56.2 Å². The number of nitrogens with zero attached hydrogens (tertiary/aromatic N) is 1. The number of thiophene rings is 1. The van der Waals surface area contributed by atoms with Gasteiger partial charge in [0, 0.05) is 17.0 Å². The largest absolute Gasteiger partial charge is 0.326 e.